The predicted octanol–water partition coefficient (Wildman–Crippen LogP) is 3.33. The van der Waals surface area contributed by atoms with Gasteiger partial charge in [0.05, 0.1) is 0 Å². The molecule has 0 atom stereocenters. The standard InChI is InChI=1S/C15H27N3OS/c1-7-15(8-2,20-6)11-17-12-13(19)18(10-9-16-12)14(3,4)5/h9-10H,7-8,11H2,1-6H3,(H,16,17). The van der Waals surface area contributed by atoms with E-state index in [2.05, 4.69) is 30.4 Å². The van der Waals surface area contributed by atoms with E-state index in [0.29, 0.717) is 5.82 Å². The summed E-state index contributed by atoms with van der Waals surface area (Å²) < 4.78 is 1.89. The summed E-state index contributed by atoms with van der Waals surface area (Å²) >= 11 is 1.85. The zero-order chi connectivity index (χ0) is 15.4. The van der Waals surface area contributed by atoms with Crippen LogP contribution in [-0.2, 0) is 5.54 Å². The van der Waals surface area contributed by atoms with Gasteiger partial charge < -0.3 is 9.88 Å². The van der Waals surface area contributed by atoms with E-state index in [1.165, 1.54) is 0 Å². The highest BCUT2D eigenvalue weighted by Crippen LogP contribution is 2.30. The minimum atomic E-state index is -0.234. The van der Waals surface area contributed by atoms with E-state index in [0.717, 1.165) is 19.4 Å². The summed E-state index contributed by atoms with van der Waals surface area (Å²) in [6, 6.07) is 0. The molecule has 0 fully saturated rings. The first kappa shape index (κ1) is 17.1. The molecule has 0 spiro atoms. The third-order valence-corrected chi connectivity index (χ3v) is 5.45. The van der Waals surface area contributed by atoms with Crippen LogP contribution in [0.5, 0.6) is 0 Å². The number of hydrogen-bond donors (Lipinski definition) is 1. The number of aromatic nitrogens is 2. The molecular weight excluding hydrogens is 270 g/mol. The summed E-state index contributed by atoms with van der Waals surface area (Å²) in [4.78, 5) is 16.6. The molecule has 1 rings (SSSR count). The third-order valence-electron chi connectivity index (χ3n) is 3.86. The maximum absolute atomic E-state index is 12.4. The fourth-order valence-electron chi connectivity index (χ4n) is 2.17. The SMILES string of the molecule is CCC(CC)(CNc1nccn(C(C)(C)C)c1=O)SC. The molecule has 0 aliphatic rings. The monoisotopic (exact) mass is 297 g/mol. The van der Waals surface area contributed by atoms with Crippen LogP contribution in [0.25, 0.3) is 0 Å². The van der Waals surface area contributed by atoms with Crippen molar-refractivity contribution < 1.29 is 0 Å². The maximum Gasteiger partial charge on any atom is 0.293 e. The molecule has 20 heavy (non-hydrogen) atoms. The first-order valence-electron chi connectivity index (χ1n) is 7.17. The van der Waals surface area contributed by atoms with Crippen LogP contribution in [0.15, 0.2) is 17.2 Å². The number of anilines is 1. The zero-order valence-corrected chi connectivity index (χ0v) is 14.3. The van der Waals surface area contributed by atoms with Gasteiger partial charge in [0.15, 0.2) is 5.82 Å². The van der Waals surface area contributed by atoms with E-state index in [9.17, 15) is 4.79 Å². The number of nitrogens with zero attached hydrogens (tertiary/aromatic N) is 2. The lowest BCUT2D eigenvalue weighted by Crippen LogP contribution is -2.38. The Bertz CT molecular complexity index is 478. The summed E-state index contributed by atoms with van der Waals surface area (Å²) in [5.41, 5.74) is -0.287. The van der Waals surface area contributed by atoms with Crippen LogP contribution in [0.4, 0.5) is 5.82 Å². The lowest BCUT2D eigenvalue weighted by Gasteiger charge is -2.30. The Balaban J connectivity index is 2.98. The van der Waals surface area contributed by atoms with Crippen LogP contribution in [0.1, 0.15) is 47.5 Å². The van der Waals surface area contributed by atoms with Gasteiger partial charge in [-0.25, -0.2) is 4.98 Å². The Kier molecular flexibility index (Phi) is 5.68. The highest BCUT2D eigenvalue weighted by molar-refractivity contribution is 8.00. The number of rotatable bonds is 6. The first-order chi connectivity index (χ1) is 9.29. The smallest absolute Gasteiger partial charge is 0.293 e. The van der Waals surface area contributed by atoms with Crippen LogP contribution >= 0.6 is 11.8 Å². The molecule has 1 aromatic rings. The van der Waals surface area contributed by atoms with E-state index in [-0.39, 0.29) is 15.8 Å². The quantitative estimate of drug-likeness (QED) is 0.875. The summed E-state index contributed by atoms with van der Waals surface area (Å²) in [6.45, 7) is 11.2. The van der Waals surface area contributed by atoms with E-state index in [4.69, 9.17) is 0 Å². The number of hydrogen-bond acceptors (Lipinski definition) is 4. The lowest BCUT2D eigenvalue weighted by atomic mass is 10.0. The fourth-order valence-corrected chi connectivity index (χ4v) is 2.96. The average Bonchev–Trinajstić information content (AvgIpc) is 2.41. The molecule has 0 bridgehead atoms. The molecule has 4 nitrogen and oxygen atoms in total. The van der Waals surface area contributed by atoms with Crippen LogP contribution < -0.4 is 10.9 Å². The van der Waals surface area contributed by atoms with Gasteiger partial charge >= 0.3 is 0 Å². The van der Waals surface area contributed by atoms with Crippen LogP contribution in [0, 0.1) is 0 Å². The van der Waals surface area contributed by atoms with E-state index in [1.807, 2.05) is 32.5 Å². The Morgan fingerprint density at radius 3 is 2.35 bits per heavy atom. The maximum atomic E-state index is 12.4. The summed E-state index contributed by atoms with van der Waals surface area (Å²) in [7, 11) is 0. The first-order valence-corrected chi connectivity index (χ1v) is 8.39. The van der Waals surface area contributed by atoms with E-state index < -0.39 is 0 Å². The van der Waals surface area contributed by atoms with Crippen molar-refractivity contribution in [3.05, 3.63) is 22.7 Å². The minimum Gasteiger partial charge on any atom is -0.364 e. The molecular formula is C15H27N3OS. The predicted molar refractivity (Wildman–Crippen MR) is 88.8 cm³/mol. The van der Waals surface area contributed by atoms with E-state index in [1.54, 1.807) is 17.0 Å². The normalized spacial score (nSPS) is 12.5. The van der Waals surface area contributed by atoms with Gasteiger partial charge in [-0.05, 0) is 39.9 Å². The number of thioether (sulfide) groups is 1. The minimum absolute atomic E-state index is 0.0535. The van der Waals surface area contributed by atoms with Gasteiger partial charge in [-0.15, -0.1) is 0 Å². The summed E-state index contributed by atoms with van der Waals surface area (Å²) in [6.07, 6.45) is 7.69. The van der Waals surface area contributed by atoms with Crippen molar-refractivity contribution in [2.45, 2.75) is 57.7 Å². The molecule has 0 radical (unpaired) electrons. The van der Waals surface area contributed by atoms with Crippen molar-refractivity contribution in [2.24, 2.45) is 0 Å². The van der Waals surface area contributed by atoms with Gasteiger partial charge in [0, 0.05) is 29.2 Å². The topological polar surface area (TPSA) is 46.9 Å². The van der Waals surface area contributed by atoms with Gasteiger partial charge in [0.2, 0.25) is 0 Å². The van der Waals surface area contributed by atoms with Crippen molar-refractivity contribution in [2.75, 3.05) is 18.1 Å². The van der Waals surface area contributed by atoms with Gasteiger partial charge in [0.25, 0.3) is 5.56 Å². The largest absolute Gasteiger partial charge is 0.364 e. The second kappa shape index (κ2) is 6.66. The highest BCUT2D eigenvalue weighted by atomic mass is 32.2. The van der Waals surface area contributed by atoms with E-state index >= 15 is 0 Å². The van der Waals surface area contributed by atoms with Crippen molar-refractivity contribution in [3.8, 4) is 0 Å². The van der Waals surface area contributed by atoms with Crippen molar-refractivity contribution in [3.63, 3.8) is 0 Å². The Morgan fingerprint density at radius 2 is 1.90 bits per heavy atom. The summed E-state index contributed by atoms with van der Waals surface area (Å²) in [5, 5.41) is 3.25. The molecule has 1 aromatic heterocycles. The van der Waals surface area contributed by atoms with Crippen LogP contribution in [0.2, 0.25) is 0 Å². The van der Waals surface area contributed by atoms with Gasteiger partial charge in [0.1, 0.15) is 0 Å². The molecule has 5 heteroatoms. The lowest BCUT2D eigenvalue weighted by molar-refractivity contribution is 0.383. The molecule has 1 heterocycles. The Labute approximate surface area is 126 Å². The van der Waals surface area contributed by atoms with Gasteiger partial charge in [-0.2, -0.15) is 11.8 Å². The molecule has 0 saturated heterocycles. The Hall–Kier alpha value is -0.970. The molecule has 0 saturated carbocycles. The van der Waals surface area contributed by atoms with Crippen molar-refractivity contribution in [1.82, 2.24) is 9.55 Å². The van der Waals surface area contributed by atoms with Gasteiger partial charge in [-0.3, -0.25) is 4.79 Å². The second-order valence-electron chi connectivity index (χ2n) is 6.07. The molecule has 0 aliphatic heterocycles. The molecule has 114 valence electrons. The molecule has 0 unspecified atom stereocenters. The average molecular weight is 297 g/mol. The zero-order valence-electron chi connectivity index (χ0n) is 13.5. The molecule has 0 aromatic carbocycles. The molecule has 1 N–H and O–H groups in total. The van der Waals surface area contributed by atoms with Crippen molar-refractivity contribution >= 4 is 17.6 Å². The fraction of sp³-hybridized carbons (Fsp3) is 0.733. The highest BCUT2D eigenvalue weighted by Gasteiger charge is 2.25. The molecule has 0 aliphatic carbocycles. The Morgan fingerprint density at radius 1 is 1.30 bits per heavy atom. The van der Waals surface area contributed by atoms with Crippen LogP contribution in [-0.4, -0.2) is 27.1 Å². The third kappa shape index (κ3) is 3.78. The number of nitrogens with one attached hydrogen (secondary N) is 1. The van der Waals surface area contributed by atoms with Crippen LogP contribution in [0.3, 0.4) is 0 Å². The second-order valence-corrected chi connectivity index (χ2v) is 7.34. The van der Waals surface area contributed by atoms with Gasteiger partial charge in [-0.1, -0.05) is 13.8 Å². The summed E-state index contributed by atoms with van der Waals surface area (Å²) in [5.74, 6) is 0.447. The molecule has 0 amide bonds. The van der Waals surface area contributed by atoms with Crippen molar-refractivity contribution in [1.29, 1.82) is 0 Å².